The molecule has 0 aliphatic carbocycles. The number of hydrogen-bond donors (Lipinski definition) is 1. The second-order valence-corrected chi connectivity index (χ2v) is 8.59. The first-order valence-corrected chi connectivity index (χ1v) is 10.7. The maximum atomic E-state index is 12.5. The lowest BCUT2D eigenvalue weighted by molar-refractivity contribution is 0.102. The molecule has 0 fully saturated rings. The average molecular weight is 372 g/mol. The molecule has 0 spiro atoms. The van der Waals surface area contributed by atoms with E-state index in [0.29, 0.717) is 24.2 Å². The number of aryl methyl sites for hydroxylation is 1. The third-order valence-electron chi connectivity index (χ3n) is 4.63. The molecule has 1 amide bonds. The molecule has 6 heteroatoms. The van der Waals surface area contributed by atoms with Gasteiger partial charge in [-0.05, 0) is 54.7 Å². The van der Waals surface area contributed by atoms with Crippen molar-refractivity contribution in [2.24, 2.45) is 0 Å². The molecule has 26 heavy (non-hydrogen) atoms. The zero-order valence-electron chi connectivity index (χ0n) is 15.2. The van der Waals surface area contributed by atoms with Gasteiger partial charge in [0.05, 0.1) is 11.9 Å². The molecule has 0 bridgehead atoms. The van der Waals surface area contributed by atoms with Crippen LogP contribution in [0, 0.1) is 0 Å². The summed E-state index contributed by atoms with van der Waals surface area (Å²) in [4.78, 5) is 12.5. The van der Waals surface area contributed by atoms with E-state index >= 15 is 0 Å². The Kier molecular flexibility index (Phi) is 5.32. The first-order valence-electron chi connectivity index (χ1n) is 8.89. The maximum Gasteiger partial charge on any atom is 0.255 e. The average Bonchev–Trinajstić information content (AvgIpc) is 3.04. The van der Waals surface area contributed by atoms with E-state index in [-0.39, 0.29) is 5.91 Å². The van der Waals surface area contributed by atoms with Crippen molar-refractivity contribution in [2.75, 3.05) is 22.4 Å². The van der Waals surface area contributed by atoms with Gasteiger partial charge in [0, 0.05) is 17.8 Å². The Balaban J connectivity index is 1.75. The molecule has 5 nitrogen and oxygen atoms in total. The van der Waals surface area contributed by atoms with Gasteiger partial charge in [-0.1, -0.05) is 31.5 Å². The number of amides is 1. The van der Waals surface area contributed by atoms with E-state index in [1.807, 2.05) is 30.3 Å². The molecule has 0 aromatic heterocycles. The predicted octanol–water partition coefficient (Wildman–Crippen LogP) is 3.60. The van der Waals surface area contributed by atoms with Gasteiger partial charge in [-0.3, -0.25) is 9.10 Å². The van der Waals surface area contributed by atoms with Crippen LogP contribution in [0.1, 0.15) is 41.3 Å². The number of hydrogen-bond acceptors (Lipinski definition) is 3. The lowest BCUT2D eigenvalue weighted by Gasteiger charge is -2.17. The standard InChI is InChI=1S/C20H24N2O3S/c1-3-4-5-15-6-10-18(11-7-15)21-20(23)17-9-8-16-12-13-22(19(16)14-17)26(2,24)25/h6-11,14H,3-5,12-13H2,1-2H3,(H,21,23). The third-order valence-corrected chi connectivity index (χ3v) is 5.81. The number of nitrogens with zero attached hydrogens (tertiary/aromatic N) is 1. The smallest absolute Gasteiger partial charge is 0.255 e. The Morgan fingerprint density at radius 1 is 1.15 bits per heavy atom. The number of nitrogens with one attached hydrogen (secondary N) is 1. The minimum Gasteiger partial charge on any atom is -0.322 e. The molecule has 0 unspecified atom stereocenters. The summed E-state index contributed by atoms with van der Waals surface area (Å²) in [5.74, 6) is -0.241. The van der Waals surface area contributed by atoms with Gasteiger partial charge in [0.25, 0.3) is 5.91 Å². The zero-order chi connectivity index (χ0) is 18.7. The van der Waals surface area contributed by atoms with Crippen molar-refractivity contribution in [3.05, 3.63) is 59.2 Å². The predicted molar refractivity (Wildman–Crippen MR) is 105 cm³/mol. The summed E-state index contributed by atoms with van der Waals surface area (Å²) in [7, 11) is -3.33. The van der Waals surface area contributed by atoms with Crippen molar-refractivity contribution in [3.63, 3.8) is 0 Å². The Morgan fingerprint density at radius 3 is 2.54 bits per heavy atom. The van der Waals surface area contributed by atoms with Crippen LogP contribution < -0.4 is 9.62 Å². The second-order valence-electron chi connectivity index (χ2n) is 6.68. The summed E-state index contributed by atoms with van der Waals surface area (Å²) in [6.45, 7) is 2.59. The first kappa shape index (κ1) is 18.5. The molecule has 138 valence electrons. The highest BCUT2D eigenvalue weighted by Gasteiger charge is 2.27. The van der Waals surface area contributed by atoms with Gasteiger partial charge in [0.2, 0.25) is 10.0 Å². The maximum absolute atomic E-state index is 12.5. The highest BCUT2D eigenvalue weighted by atomic mass is 32.2. The molecular weight excluding hydrogens is 348 g/mol. The van der Waals surface area contributed by atoms with Gasteiger partial charge < -0.3 is 5.32 Å². The van der Waals surface area contributed by atoms with Gasteiger partial charge >= 0.3 is 0 Å². The molecule has 2 aromatic rings. The third kappa shape index (κ3) is 4.07. The number of rotatable bonds is 6. The van der Waals surface area contributed by atoms with Crippen molar-refractivity contribution in [1.82, 2.24) is 0 Å². The summed E-state index contributed by atoms with van der Waals surface area (Å²) < 4.78 is 25.2. The summed E-state index contributed by atoms with van der Waals surface area (Å²) in [6, 6.07) is 13.1. The fourth-order valence-electron chi connectivity index (χ4n) is 3.17. The number of sulfonamides is 1. The quantitative estimate of drug-likeness (QED) is 0.842. The molecule has 1 aliphatic rings. The van der Waals surface area contributed by atoms with Crippen molar-refractivity contribution in [2.45, 2.75) is 32.6 Å². The highest BCUT2D eigenvalue weighted by Crippen LogP contribution is 2.31. The molecule has 1 N–H and O–H groups in total. The van der Waals surface area contributed by atoms with E-state index in [2.05, 4.69) is 12.2 Å². The van der Waals surface area contributed by atoms with Crippen LogP contribution in [-0.4, -0.2) is 27.1 Å². The normalized spacial score (nSPS) is 13.5. The van der Waals surface area contributed by atoms with E-state index in [0.717, 1.165) is 30.5 Å². The molecule has 3 rings (SSSR count). The Labute approximate surface area is 155 Å². The van der Waals surface area contributed by atoms with Crippen molar-refractivity contribution >= 4 is 27.3 Å². The van der Waals surface area contributed by atoms with Crippen LogP contribution in [0.2, 0.25) is 0 Å². The van der Waals surface area contributed by atoms with Crippen molar-refractivity contribution in [1.29, 1.82) is 0 Å². The van der Waals surface area contributed by atoms with Gasteiger partial charge in [0.1, 0.15) is 0 Å². The van der Waals surface area contributed by atoms with Crippen molar-refractivity contribution < 1.29 is 13.2 Å². The lowest BCUT2D eigenvalue weighted by atomic mass is 10.1. The Bertz CT molecular complexity index is 905. The van der Waals surface area contributed by atoms with Crippen LogP contribution in [-0.2, 0) is 22.9 Å². The van der Waals surface area contributed by atoms with Crippen LogP contribution in [0.25, 0.3) is 0 Å². The monoisotopic (exact) mass is 372 g/mol. The largest absolute Gasteiger partial charge is 0.322 e. The molecule has 1 heterocycles. The second kappa shape index (κ2) is 7.50. The number of benzene rings is 2. The SMILES string of the molecule is CCCCc1ccc(NC(=O)c2ccc3c(c2)N(S(C)(=O)=O)CC3)cc1. The van der Waals surface area contributed by atoms with Crippen LogP contribution in [0.3, 0.4) is 0 Å². The van der Waals surface area contributed by atoms with Crippen LogP contribution in [0.4, 0.5) is 11.4 Å². The molecule has 2 aromatic carbocycles. The van der Waals surface area contributed by atoms with Gasteiger partial charge in [0.15, 0.2) is 0 Å². The molecule has 1 aliphatic heterocycles. The van der Waals surface area contributed by atoms with Crippen LogP contribution in [0.15, 0.2) is 42.5 Å². The Hall–Kier alpha value is -2.34. The first-order chi connectivity index (χ1) is 12.4. The van der Waals surface area contributed by atoms with Crippen LogP contribution >= 0.6 is 0 Å². The van der Waals surface area contributed by atoms with E-state index in [4.69, 9.17) is 0 Å². The number of carbonyl (C=O) groups is 1. The van der Waals surface area contributed by atoms with Crippen molar-refractivity contribution in [3.8, 4) is 0 Å². The fourth-order valence-corrected chi connectivity index (χ4v) is 4.12. The molecule has 0 atom stereocenters. The van der Waals surface area contributed by atoms with E-state index in [1.165, 1.54) is 16.1 Å². The van der Waals surface area contributed by atoms with Crippen LogP contribution in [0.5, 0.6) is 0 Å². The topological polar surface area (TPSA) is 66.5 Å². The van der Waals surface area contributed by atoms with E-state index in [9.17, 15) is 13.2 Å². The highest BCUT2D eigenvalue weighted by molar-refractivity contribution is 7.92. The molecule has 0 saturated heterocycles. The zero-order valence-corrected chi connectivity index (χ0v) is 16.0. The minimum atomic E-state index is -3.33. The van der Waals surface area contributed by atoms with E-state index < -0.39 is 10.0 Å². The van der Waals surface area contributed by atoms with Gasteiger partial charge in [-0.15, -0.1) is 0 Å². The Morgan fingerprint density at radius 2 is 1.88 bits per heavy atom. The molecular formula is C20H24N2O3S. The molecule has 0 radical (unpaired) electrons. The fraction of sp³-hybridized carbons (Fsp3) is 0.350. The minimum absolute atomic E-state index is 0.241. The van der Waals surface area contributed by atoms with E-state index in [1.54, 1.807) is 12.1 Å². The summed E-state index contributed by atoms with van der Waals surface area (Å²) in [5.41, 5.74) is 4.00. The van der Waals surface area contributed by atoms with Gasteiger partial charge in [-0.2, -0.15) is 0 Å². The number of unbranched alkanes of at least 4 members (excludes halogenated alkanes) is 1. The number of anilines is 2. The lowest BCUT2D eigenvalue weighted by Crippen LogP contribution is -2.27. The summed E-state index contributed by atoms with van der Waals surface area (Å²) in [5, 5.41) is 2.88. The summed E-state index contributed by atoms with van der Waals surface area (Å²) in [6.07, 6.45) is 5.20. The van der Waals surface area contributed by atoms with Gasteiger partial charge in [-0.25, -0.2) is 8.42 Å². The number of carbonyl (C=O) groups excluding carboxylic acids is 1. The number of fused-ring (bicyclic) bond motifs is 1. The molecule has 0 saturated carbocycles. The summed E-state index contributed by atoms with van der Waals surface area (Å²) >= 11 is 0.